The molecule has 1 saturated heterocycles. The van der Waals surface area contributed by atoms with Crippen LogP contribution in [0.1, 0.15) is 23.5 Å². The van der Waals surface area contributed by atoms with Crippen molar-refractivity contribution < 1.29 is 9.47 Å². The van der Waals surface area contributed by atoms with E-state index < -0.39 is 0 Å². The number of benzene rings is 1. The number of thiocarbonyl (C=S) groups is 1. The van der Waals surface area contributed by atoms with Crippen molar-refractivity contribution in [2.75, 3.05) is 19.1 Å². The van der Waals surface area contributed by atoms with Gasteiger partial charge in [0, 0.05) is 24.2 Å². The zero-order chi connectivity index (χ0) is 18.8. The van der Waals surface area contributed by atoms with Crippen LogP contribution >= 0.6 is 12.2 Å². The van der Waals surface area contributed by atoms with Crippen LogP contribution in [0.4, 0.5) is 5.69 Å². The van der Waals surface area contributed by atoms with Crippen molar-refractivity contribution in [2.24, 2.45) is 0 Å². The third-order valence-corrected chi connectivity index (χ3v) is 5.00. The van der Waals surface area contributed by atoms with Gasteiger partial charge in [0.05, 0.1) is 31.6 Å². The number of ether oxygens (including phenoxy) is 2. The predicted octanol–water partition coefficient (Wildman–Crippen LogP) is 3.60. The lowest BCUT2D eigenvalue weighted by atomic mass is 10.0. The Hall–Kier alpha value is -3.06. The van der Waals surface area contributed by atoms with Crippen LogP contribution in [0.2, 0.25) is 0 Å². The molecular formula is C20H20N4O2S. The Balaban J connectivity index is 1.83. The molecule has 2 N–H and O–H groups in total. The number of pyridine rings is 1. The van der Waals surface area contributed by atoms with Crippen molar-refractivity contribution in [2.45, 2.75) is 12.1 Å². The summed E-state index contributed by atoms with van der Waals surface area (Å²) in [5.41, 5.74) is 2.83. The van der Waals surface area contributed by atoms with E-state index in [0.717, 1.165) is 22.8 Å². The van der Waals surface area contributed by atoms with Gasteiger partial charge in [-0.15, -0.1) is 0 Å². The van der Waals surface area contributed by atoms with Crippen molar-refractivity contribution in [3.63, 3.8) is 0 Å². The van der Waals surface area contributed by atoms with Gasteiger partial charge in [-0.1, -0.05) is 6.07 Å². The van der Waals surface area contributed by atoms with E-state index in [1.165, 1.54) is 0 Å². The molecule has 0 radical (unpaired) electrons. The topological polar surface area (TPSA) is 62.4 Å². The van der Waals surface area contributed by atoms with Crippen LogP contribution < -0.4 is 19.7 Å². The maximum atomic E-state index is 5.71. The summed E-state index contributed by atoms with van der Waals surface area (Å²) in [7, 11) is 3.28. The summed E-state index contributed by atoms with van der Waals surface area (Å²) in [5, 5.41) is 4.04. The molecule has 0 bridgehead atoms. The molecule has 138 valence electrons. The second-order valence-electron chi connectivity index (χ2n) is 6.16. The number of nitrogens with one attached hydrogen (secondary N) is 2. The lowest BCUT2D eigenvalue weighted by Crippen LogP contribution is -2.29. The van der Waals surface area contributed by atoms with Crippen LogP contribution in [0.3, 0.4) is 0 Å². The summed E-state index contributed by atoms with van der Waals surface area (Å²) in [6.07, 6.45) is 3.71. The molecule has 3 heterocycles. The number of hydrogen-bond acceptors (Lipinski definition) is 4. The number of H-pyrrole nitrogens is 1. The van der Waals surface area contributed by atoms with Gasteiger partial charge in [0.2, 0.25) is 0 Å². The third-order valence-electron chi connectivity index (χ3n) is 4.69. The maximum Gasteiger partial charge on any atom is 0.174 e. The van der Waals surface area contributed by atoms with Crippen LogP contribution in [0.15, 0.2) is 60.9 Å². The SMILES string of the molecule is COc1ccc(N2C(=S)N[C@H](c3ccccn3)[C@@H]2c2ccc[nH]2)c(OC)c1. The zero-order valence-electron chi connectivity index (χ0n) is 15.0. The minimum absolute atomic E-state index is 0.0929. The van der Waals surface area contributed by atoms with E-state index in [1.807, 2.05) is 48.7 Å². The molecule has 1 fully saturated rings. The van der Waals surface area contributed by atoms with Crippen molar-refractivity contribution in [3.8, 4) is 11.5 Å². The Morgan fingerprint density at radius 3 is 2.63 bits per heavy atom. The molecule has 4 rings (SSSR count). The van der Waals surface area contributed by atoms with E-state index in [4.69, 9.17) is 21.7 Å². The van der Waals surface area contributed by atoms with Gasteiger partial charge in [0.15, 0.2) is 5.11 Å². The van der Waals surface area contributed by atoms with Crippen molar-refractivity contribution in [1.82, 2.24) is 15.3 Å². The Labute approximate surface area is 163 Å². The van der Waals surface area contributed by atoms with E-state index >= 15 is 0 Å². The number of nitrogens with zero attached hydrogens (tertiary/aromatic N) is 2. The lowest BCUT2D eigenvalue weighted by Gasteiger charge is -2.28. The van der Waals surface area contributed by atoms with Crippen molar-refractivity contribution in [1.29, 1.82) is 0 Å². The monoisotopic (exact) mass is 380 g/mol. The lowest BCUT2D eigenvalue weighted by molar-refractivity contribution is 0.394. The molecule has 7 heteroatoms. The fourth-order valence-corrected chi connectivity index (χ4v) is 3.78. The molecule has 1 aromatic carbocycles. The normalized spacial score (nSPS) is 19.0. The summed E-state index contributed by atoms with van der Waals surface area (Å²) < 4.78 is 10.9. The van der Waals surface area contributed by atoms with Gasteiger partial charge in [-0.2, -0.15) is 0 Å². The largest absolute Gasteiger partial charge is 0.497 e. The number of methoxy groups -OCH3 is 2. The summed E-state index contributed by atoms with van der Waals surface area (Å²) in [5.74, 6) is 1.42. The minimum Gasteiger partial charge on any atom is -0.497 e. The predicted molar refractivity (Wildman–Crippen MR) is 108 cm³/mol. The van der Waals surface area contributed by atoms with Crippen LogP contribution in [0.25, 0.3) is 0 Å². The molecule has 6 nitrogen and oxygen atoms in total. The fraction of sp³-hybridized carbons (Fsp3) is 0.200. The summed E-state index contributed by atoms with van der Waals surface area (Å²) in [4.78, 5) is 9.93. The van der Waals surface area contributed by atoms with Gasteiger partial charge >= 0.3 is 0 Å². The number of anilines is 1. The highest BCUT2D eigenvalue weighted by Crippen LogP contribution is 2.44. The first-order chi connectivity index (χ1) is 13.2. The molecule has 0 unspecified atom stereocenters. The van der Waals surface area contributed by atoms with Crippen LogP contribution in [0, 0.1) is 0 Å². The summed E-state index contributed by atoms with van der Waals surface area (Å²) >= 11 is 5.71. The van der Waals surface area contributed by atoms with E-state index in [2.05, 4.69) is 26.3 Å². The second-order valence-corrected chi connectivity index (χ2v) is 6.55. The molecule has 2 aromatic heterocycles. The first-order valence-corrected chi connectivity index (χ1v) is 8.99. The van der Waals surface area contributed by atoms with E-state index in [-0.39, 0.29) is 12.1 Å². The van der Waals surface area contributed by atoms with Crippen LogP contribution in [-0.2, 0) is 0 Å². The van der Waals surface area contributed by atoms with Crippen molar-refractivity contribution >= 4 is 23.0 Å². The van der Waals surface area contributed by atoms with Gasteiger partial charge < -0.3 is 24.7 Å². The van der Waals surface area contributed by atoms with Gasteiger partial charge in [-0.25, -0.2) is 0 Å². The van der Waals surface area contributed by atoms with Crippen LogP contribution in [0.5, 0.6) is 11.5 Å². The molecule has 0 spiro atoms. The standard InChI is InChI=1S/C20H20N4O2S/c1-25-13-8-9-16(17(12-13)26-2)24-19(15-7-5-11-22-15)18(23-20(24)27)14-6-3-4-10-21-14/h3-12,18-19,22H,1-2H3,(H,23,27)/t18-,19+/m1/s1. The van der Waals surface area contributed by atoms with Crippen LogP contribution in [-0.4, -0.2) is 29.3 Å². The van der Waals surface area contributed by atoms with Gasteiger partial charge in [-0.05, 0) is 48.6 Å². The molecule has 1 aliphatic heterocycles. The van der Waals surface area contributed by atoms with Gasteiger partial charge in [-0.3, -0.25) is 4.98 Å². The molecular weight excluding hydrogens is 360 g/mol. The smallest absolute Gasteiger partial charge is 0.174 e. The number of hydrogen-bond donors (Lipinski definition) is 2. The Kier molecular flexibility index (Phi) is 4.68. The second kappa shape index (κ2) is 7.28. The maximum absolute atomic E-state index is 5.71. The molecule has 0 aliphatic carbocycles. The third kappa shape index (κ3) is 3.10. The highest BCUT2D eigenvalue weighted by atomic mass is 32.1. The average Bonchev–Trinajstić information content (AvgIpc) is 3.35. The quantitative estimate of drug-likeness (QED) is 0.660. The Morgan fingerprint density at radius 2 is 1.96 bits per heavy atom. The highest BCUT2D eigenvalue weighted by molar-refractivity contribution is 7.80. The molecule has 1 aliphatic rings. The zero-order valence-corrected chi connectivity index (χ0v) is 15.9. The molecule has 0 amide bonds. The first-order valence-electron chi connectivity index (χ1n) is 8.59. The fourth-order valence-electron chi connectivity index (χ4n) is 3.44. The first kappa shape index (κ1) is 17.4. The number of aromatic amines is 1. The van der Waals surface area contributed by atoms with E-state index in [0.29, 0.717) is 10.9 Å². The summed E-state index contributed by atoms with van der Waals surface area (Å²) in [6.45, 7) is 0. The minimum atomic E-state index is -0.0934. The van der Waals surface area contributed by atoms with Gasteiger partial charge in [0.1, 0.15) is 17.5 Å². The molecule has 27 heavy (non-hydrogen) atoms. The summed E-state index contributed by atoms with van der Waals surface area (Å²) in [6, 6.07) is 15.5. The Bertz CT molecular complexity index is 930. The Morgan fingerprint density at radius 1 is 1.07 bits per heavy atom. The highest BCUT2D eigenvalue weighted by Gasteiger charge is 2.42. The molecule has 0 saturated carbocycles. The average molecular weight is 380 g/mol. The van der Waals surface area contributed by atoms with Gasteiger partial charge in [0.25, 0.3) is 0 Å². The molecule has 3 aromatic rings. The van der Waals surface area contributed by atoms with Crippen molar-refractivity contribution in [3.05, 3.63) is 72.3 Å². The van der Waals surface area contributed by atoms with E-state index in [1.54, 1.807) is 20.4 Å². The number of rotatable bonds is 5. The number of aromatic nitrogens is 2. The molecule has 2 atom stereocenters. The van der Waals surface area contributed by atoms with E-state index in [9.17, 15) is 0 Å².